The first-order chi connectivity index (χ1) is 16.1. The number of hydrogen-bond donors (Lipinski definition) is 2. The molecule has 178 valence electrons. The summed E-state index contributed by atoms with van der Waals surface area (Å²) in [5.74, 6) is 0.0259. The van der Waals surface area contributed by atoms with Gasteiger partial charge in [0, 0.05) is 18.5 Å². The zero-order chi connectivity index (χ0) is 23.7. The van der Waals surface area contributed by atoms with Crippen molar-refractivity contribution in [1.82, 2.24) is 5.32 Å². The van der Waals surface area contributed by atoms with Gasteiger partial charge in [0.1, 0.15) is 18.4 Å². The SMILES string of the molecule is CCCCCC(=O)CCCCC[C@H](NC(=O)OCc1ccccc1)C(=O)Nc1ccccc1. The second-order valence-corrected chi connectivity index (χ2v) is 8.21. The minimum Gasteiger partial charge on any atom is -0.445 e. The average Bonchev–Trinajstić information content (AvgIpc) is 2.83. The molecule has 0 aliphatic rings. The first kappa shape index (κ1) is 26.1. The van der Waals surface area contributed by atoms with Crippen molar-refractivity contribution in [2.24, 2.45) is 0 Å². The number of nitrogens with one attached hydrogen (secondary N) is 2. The Balaban J connectivity index is 1.81. The Morgan fingerprint density at radius 2 is 1.45 bits per heavy atom. The molecule has 0 fully saturated rings. The van der Waals surface area contributed by atoms with Crippen LogP contribution in [0.5, 0.6) is 0 Å². The molecule has 0 radical (unpaired) electrons. The van der Waals surface area contributed by atoms with Gasteiger partial charge < -0.3 is 15.4 Å². The zero-order valence-corrected chi connectivity index (χ0v) is 19.6. The molecule has 0 aliphatic heterocycles. The lowest BCUT2D eigenvalue weighted by molar-refractivity contribution is -0.119. The molecule has 2 rings (SSSR count). The number of para-hydroxylation sites is 1. The van der Waals surface area contributed by atoms with Crippen LogP contribution in [-0.2, 0) is 20.9 Å². The number of unbranched alkanes of at least 4 members (excludes halogenated alkanes) is 4. The molecule has 0 unspecified atom stereocenters. The number of hydrogen-bond acceptors (Lipinski definition) is 4. The van der Waals surface area contributed by atoms with E-state index < -0.39 is 12.1 Å². The highest BCUT2D eigenvalue weighted by molar-refractivity contribution is 5.96. The Hall–Kier alpha value is -3.15. The van der Waals surface area contributed by atoms with Gasteiger partial charge in [-0.3, -0.25) is 9.59 Å². The molecule has 2 aromatic rings. The fourth-order valence-corrected chi connectivity index (χ4v) is 3.47. The first-order valence-corrected chi connectivity index (χ1v) is 11.9. The Bertz CT molecular complexity index is 840. The predicted molar refractivity (Wildman–Crippen MR) is 131 cm³/mol. The third kappa shape index (κ3) is 11.3. The van der Waals surface area contributed by atoms with E-state index in [9.17, 15) is 14.4 Å². The van der Waals surface area contributed by atoms with Crippen molar-refractivity contribution in [2.45, 2.75) is 77.4 Å². The van der Waals surface area contributed by atoms with Crippen LogP contribution >= 0.6 is 0 Å². The van der Waals surface area contributed by atoms with Gasteiger partial charge in [-0.05, 0) is 37.0 Å². The van der Waals surface area contributed by atoms with E-state index in [1.54, 1.807) is 12.1 Å². The molecule has 2 amide bonds. The minimum atomic E-state index is -0.714. The Morgan fingerprint density at radius 3 is 2.12 bits per heavy atom. The van der Waals surface area contributed by atoms with Gasteiger partial charge in [0.2, 0.25) is 5.91 Å². The van der Waals surface area contributed by atoms with Crippen LogP contribution < -0.4 is 10.6 Å². The van der Waals surface area contributed by atoms with Crippen molar-refractivity contribution in [2.75, 3.05) is 5.32 Å². The molecule has 33 heavy (non-hydrogen) atoms. The highest BCUT2D eigenvalue weighted by Gasteiger charge is 2.21. The third-order valence-electron chi connectivity index (χ3n) is 5.37. The highest BCUT2D eigenvalue weighted by Crippen LogP contribution is 2.12. The summed E-state index contributed by atoms with van der Waals surface area (Å²) in [5.41, 5.74) is 1.55. The molecule has 6 heteroatoms. The van der Waals surface area contributed by atoms with Crippen LogP contribution in [0.4, 0.5) is 10.5 Å². The first-order valence-electron chi connectivity index (χ1n) is 11.9. The third-order valence-corrected chi connectivity index (χ3v) is 5.37. The monoisotopic (exact) mass is 452 g/mol. The maximum atomic E-state index is 12.8. The Morgan fingerprint density at radius 1 is 0.818 bits per heavy atom. The molecular weight excluding hydrogens is 416 g/mol. The second-order valence-electron chi connectivity index (χ2n) is 8.21. The molecule has 0 aromatic heterocycles. The Labute approximate surface area is 197 Å². The zero-order valence-electron chi connectivity index (χ0n) is 19.6. The molecule has 1 atom stereocenters. The number of amides is 2. The normalized spacial score (nSPS) is 11.4. The lowest BCUT2D eigenvalue weighted by Gasteiger charge is -2.18. The lowest BCUT2D eigenvalue weighted by atomic mass is 10.0. The summed E-state index contributed by atoms with van der Waals surface area (Å²) in [6.07, 6.45) is 6.62. The number of Topliss-reactive ketones (excluding diaryl/α,β-unsaturated/α-hetero) is 1. The maximum absolute atomic E-state index is 12.8. The number of alkyl carbamates (subject to hydrolysis) is 1. The maximum Gasteiger partial charge on any atom is 0.408 e. The van der Waals surface area contributed by atoms with E-state index in [-0.39, 0.29) is 12.5 Å². The molecule has 6 nitrogen and oxygen atoms in total. The highest BCUT2D eigenvalue weighted by atomic mass is 16.5. The predicted octanol–water partition coefficient (Wildman–Crippen LogP) is 6.02. The van der Waals surface area contributed by atoms with E-state index in [1.165, 1.54) is 0 Å². The van der Waals surface area contributed by atoms with Crippen molar-refractivity contribution in [3.63, 3.8) is 0 Å². The van der Waals surface area contributed by atoms with Crippen LogP contribution in [0.2, 0.25) is 0 Å². The van der Waals surface area contributed by atoms with Crippen molar-refractivity contribution >= 4 is 23.5 Å². The quantitative estimate of drug-likeness (QED) is 0.324. The number of rotatable bonds is 15. The largest absolute Gasteiger partial charge is 0.445 e. The van der Waals surface area contributed by atoms with Crippen LogP contribution in [0.1, 0.15) is 70.3 Å². The molecule has 0 saturated heterocycles. The Kier molecular flexibility index (Phi) is 12.4. The molecule has 2 N–H and O–H groups in total. The van der Waals surface area contributed by atoms with E-state index in [2.05, 4.69) is 17.6 Å². The molecule has 0 saturated carbocycles. The van der Waals surface area contributed by atoms with Crippen molar-refractivity contribution in [3.05, 3.63) is 66.2 Å². The van der Waals surface area contributed by atoms with E-state index in [4.69, 9.17) is 4.74 Å². The van der Waals surface area contributed by atoms with Gasteiger partial charge in [0.05, 0.1) is 0 Å². The summed E-state index contributed by atoms with van der Waals surface area (Å²) < 4.78 is 5.29. The number of ether oxygens (including phenoxy) is 1. The standard InChI is InChI=1S/C27H36N2O4/c1-2-3-7-18-24(30)19-12-6-13-20-25(26(31)28-23-16-10-5-11-17-23)29-27(32)33-21-22-14-8-4-9-15-22/h4-5,8-11,14-17,25H,2-3,6-7,12-13,18-21H2,1H3,(H,28,31)(H,29,32)/t25-/m0/s1. The number of carbonyl (C=O) groups is 3. The van der Waals surface area contributed by atoms with Gasteiger partial charge in [0.15, 0.2) is 0 Å². The molecule has 2 aromatic carbocycles. The van der Waals surface area contributed by atoms with Crippen molar-refractivity contribution in [3.8, 4) is 0 Å². The van der Waals surface area contributed by atoms with E-state index in [1.807, 2.05) is 48.5 Å². The molecule has 0 heterocycles. The summed E-state index contributed by atoms with van der Waals surface area (Å²) in [6, 6.07) is 17.8. The molecule has 0 spiro atoms. The van der Waals surface area contributed by atoms with Gasteiger partial charge in [-0.2, -0.15) is 0 Å². The van der Waals surface area contributed by atoms with Gasteiger partial charge in [0.25, 0.3) is 0 Å². The van der Waals surface area contributed by atoms with Crippen LogP contribution in [0.15, 0.2) is 60.7 Å². The van der Waals surface area contributed by atoms with Gasteiger partial charge >= 0.3 is 6.09 Å². The van der Waals surface area contributed by atoms with Crippen molar-refractivity contribution < 1.29 is 19.1 Å². The molecule has 0 aliphatic carbocycles. The summed E-state index contributed by atoms with van der Waals surface area (Å²) in [4.78, 5) is 37.1. The van der Waals surface area contributed by atoms with Crippen LogP contribution in [0.25, 0.3) is 0 Å². The smallest absolute Gasteiger partial charge is 0.408 e. The summed E-state index contributed by atoms with van der Waals surface area (Å²) >= 11 is 0. The second kappa shape index (κ2) is 15.6. The topological polar surface area (TPSA) is 84.5 Å². The number of anilines is 1. The van der Waals surface area contributed by atoms with Crippen LogP contribution in [0.3, 0.4) is 0 Å². The summed E-state index contributed by atoms with van der Waals surface area (Å²) in [7, 11) is 0. The van der Waals surface area contributed by atoms with E-state index >= 15 is 0 Å². The number of ketones is 1. The minimum absolute atomic E-state index is 0.139. The number of benzene rings is 2. The van der Waals surface area contributed by atoms with Crippen LogP contribution in [0, 0.1) is 0 Å². The van der Waals surface area contributed by atoms with Gasteiger partial charge in [-0.25, -0.2) is 4.79 Å². The molecule has 0 bridgehead atoms. The fourth-order valence-electron chi connectivity index (χ4n) is 3.47. The average molecular weight is 453 g/mol. The van der Waals surface area contributed by atoms with Gasteiger partial charge in [-0.1, -0.05) is 81.1 Å². The summed E-state index contributed by atoms with van der Waals surface area (Å²) in [5, 5.41) is 5.55. The van der Waals surface area contributed by atoms with E-state index in [0.717, 1.165) is 44.1 Å². The van der Waals surface area contributed by atoms with E-state index in [0.29, 0.717) is 30.7 Å². The van der Waals surface area contributed by atoms with Crippen molar-refractivity contribution in [1.29, 1.82) is 0 Å². The molecular formula is C27H36N2O4. The lowest BCUT2D eigenvalue weighted by Crippen LogP contribution is -2.44. The van der Waals surface area contributed by atoms with Gasteiger partial charge in [-0.15, -0.1) is 0 Å². The summed E-state index contributed by atoms with van der Waals surface area (Å²) in [6.45, 7) is 2.26. The fraction of sp³-hybridized carbons (Fsp3) is 0.444. The number of carbonyl (C=O) groups excluding carboxylic acids is 3. The van der Waals surface area contributed by atoms with Crippen LogP contribution in [-0.4, -0.2) is 23.8 Å².